The Morgan fingerprint density at radius 3 is 2.59 bits per heavy atom. The number of esters is 1. The van der Waals surface area contributed by atoms with E-state index < -0.39 is 5.97 Å². The van der Waals surface area contributed by atoms with Gasteiger partial charge in [0.05, 0.1) is 23.4 Å². The number of carbonyl (C=O) groups excluding carboxylic acids is 2. The van der Waals surface area contributed by atoms with Gasteiger partial charge in [0.15, 0.2) is 5.11 Å². The molecule has 1 heterocycles. The molecule has 6 nitrogen and oxygen atoms in total. The lowest BCUT2D eigenvalue weighted by Gasteiger charge is -2.16. The summed E-state index contributed by atoms with van der Waals surface area (Å²) in [7, 11) is 1.32. The molecule has 152 valence electrons. The molecule has 29 heavy (non-hydrogen) atoms. The fourth-order valence-electron chi connectivity index (χ4n) is 3.07. The Morgan fingerprint density at radius 1 is 1.21 bits per heavy atom. The molecule has 2 N–H and O–H groups in total. The number of amides is 1. The van der Waals surface area contributed by atoms with Crippen molar-refractivity contribution in [3.05, 3.63) is 64.2 Å². The Kier molecular flexibility index (Phi) is 7.06. The maximum absolute atomic E-state index is 11.7. The van der Waals surface area contributed by atoms with E-state index in [9.17, 15) is 9.59 Å². The second-order valence-electron chi connectivity index (χ2n) is 6.73. The van der Waals surface area contributed by atoms with Gasteiger partial charge < -0.3 is 20.3 Å². The number of carbonyl (C=O) groups is 2. The van der Waals surface area contributed by atoms with E-state index in [-0.39, 0.29) is 5.91 Å². The third-order valence-corrected chi connectivity index (χ3v) is 5.23. The van der Waals surface area contributed by atoms with Crippen LogP contribution in [0, 0.1) is 0 Å². The standard InChI is InChI=1S/C21H22ClN3O3S/c1-28-20(27)16-8-9-17(22)18(11-16)24-21(29)23-12-14-4-6-15(7-5-14)13-25-10-2-3-19(25)26/h4-9,11H,2-3,10,12-13H2,1H3,(H2,23,24,29). The Bertz CT molecular complexity index is 918. The first-order chi connectivity index (χ1) is 14.0. The number of nitrogens with zero attached hydrogens (tertiary/aromatic N) is 1. The number of thiocarbonyl (C=S) groups is 1. The fourth-order valence-corrected chi connectivity index (χ4v) is 3.42. The third kappa shape index (κ3) is 5.68. The summed E-state index contributed by atoms with van der Waals surface area (Å²) in [5, 5.41) is 6.96. The molecule has 0 spiro atoms. The average Bonchev–Trinajstić information content (AvgIpc) is 3.13. The molecule has 3 rings (SSSR count). The molecule has 2 aromatic carbocycles. The molecule has 0 unspecified atom stereocenters. The summed E-state index contributed by atoms with van der Waals surface area (Å²) in [6, 6.07) is 12.9. The predicted molar refractivity (Wildman–Crippen MR) is 117 cm³/mol. The zero-order valence-electron chi connectivity index (χ0n) is 16.0. The van der Waals surface area contributed by atoms with Gasteiger partial charge in [0, 0.05) is 26.1 Å². The number of likely N-dealkylation sites (tertiary alicyclic amines) is 1. The lowest BCUT2D eigenvalue weighted by atomic mass is 10.1. The van der Waals surface area contributed by atoms with Gasteiger partial charge in [-0.15, -0.1) is 0 Å². The highest BCUT2D eigenvalue weighted by atomic mass is 35.5. The molecule has 2 aromatic rings. The van der Waals surface area contributed by atoms with Crippen LogP contribution in [0.5, 0.6) is 0 Å². The van der Waals surface area contributed by atoms with E-state index in [4.69, 9.17) is 28.6 Å². The van der Waals surface area contributed by atoms with Crippen molar-refractivity contribution in [1.29, 1.82) is 0 Å². The SMILES string of the molecule is COC(=O)c1ccc(Cl)c(NC(=S)NCc2ccc(CN3CCCC3=O)cc2)c1. The Balaban J connectivity index is 1.53. The first-order valence-electron chi connectivity index (χ1n) is 9.24. The van der Waals surface area contributed by atoms with E-state index >= 15 is 0 Å². The van der Waals surface area contributed by atoms with E-state index in [1.165, 1.54) is 7.11 Å². The van der Waals surface area contributed by atoms with Crippen molar-refractivity contribution in [2.24, 2.45) is 0 Å². The van der Waals surface area contributed by atoms with Crippen LogP contribution in [0.3, 0.4) is 0 Å². The molecule has 1 aliphatic rings. The molecule has 0 bridgehead atoms. The zero-order chi connectivity index (χ0) is 20.8. The summed E-state index contributed by atoms with van der Waals surface area (Å²) in [6.45, 7) is 2.02. The third-order valence-electron chi connectivity index (χ3n) is 4.66. The molecule has 0 aliphatic carbocycles. The maximum Gasteiger partial charge on any atom is 0.337 e. The first kappa shape index (κ1) is 21.1. The van der Waals surface area contributed by atoms with Gasteiger partial charge in [0.1, 0.15) is 0 Å². The van der Waals surface area contributed by atoms with Crippen LogP contribution >= 0.6 is 23.8 Å². The second kappa shape index (κ2) is 9.71. The largest absolute Gasteiger partial charge is 0.465 e. The minimum absolute atomic E-state index is 0.224. The monoisotopic (exact) mass is 431 g/mol. The molecular formula is C21H22ClN3O3S. The zero-order valence-corrected chi connectivity index (χ0v) is 17.6. The highest BCUT2D eigenvalue weighted by Crippen LogP contribution is 2.23. The predicted octanol–water partition coefficient (Wildman–Crippen LogP) is 3.74. The Hall–Kier alpha value is -2.64. The van der Waals surface area contributed by atoms with Gasteiger partial charge in [-0.2, -0.15) is 0 Å². The number of anilines is 1. The van der Waals surface area contributed by atoms with Crippen LogP contribution in [0.15, 0.2) is 42.5 Å². The lowest BCUT2D eigenvalue weighted by molar-refractivity contribution is -0.128. The van der Waals surface area contributed by atoms with E-state index in [0.29, 0.717) is 40.9 Å². The van der Waals surface area contributed by atoms with Crippen molar-refractivity contribution < 1.29 is 14.3 Å². The smallest absolute Gasteiger partial charge is 0.337 e. The van der Waals surface area contributed by atoms with E-state index in [1.807, 2.05) is 29.2 Å². The summed E-state index contributed by atoms with van der Waals surface area (Å²) in [5.41, 5.74) is 3.07. The van der Waals surface area contributed by atoms with Crippen LogP contribution in [0.25, 0.3) is 0 Å². The normalized spacial score (nSPS) is 13.3. The number of methoxy groups -OCH3 is 1. The topological polar surface area (TPSA) is 70.7 Å². The van der Waals surface area contributed by atoms with Crippen molar-refractivity contribution in [1.82, 2.24) is 10.2 Å². The fraction of sp³-hybridized carbons (Fsp3) is 0.286. The molecule has 0 aromatic heterocycles. The minimum atomic E-state index is -0.445. The molecular weight excluding hydrogens is 410 g/mol. The Morgan fingerprint density at radius 2 is 1.93 bits per heavy atom. The van der Waals surface area contributed by atoms with Gasteiger partial charge in [-0.25, -0.2) is 4.79 Å². The lowest BCUT2D eigenvalue weighted by Crippen LogP contribution is -2.28. The van der Waals surface area contributed by atoms with Crippen molar-refractivity contribution in [2.45, 2.75) is 25.9 Å². The van der Waals surface area contributed by atoms with Crippen molar-refractivity contribution in [3.8, 4) is 0 Å². The van der Waals surface area contributed by atoms with Gasteiger partial charge in [-0.1, -0.05) is 35.9 Å². The van der Waals surface area contributed by atoms with E-state index in [1.54, 1.807) is 18.2 Å². The number of hydrogen-bond donors (Lipinski definition) is 2. The molecule has 8 heteroatoms. The minimum Gasteiger partial charge on any atom is -0.465 e. The Labute approximate surface area is 180 Å². The summed E-state index contributed by atoms with van der Waals surface area (Å²) in [6.07, 6.45) is 1.59. The second-order valence-corrected chi connectivity index (χ2v) is 7.54. The van der Waals surface area contributed by atoms with Gasteiger partial charge in [0.25, 0.3) is 0 Å². The summed E-state index contributed by atoms with van der Waals surface area (Å²) in [4.78, 5) is 25.3. The van der Waals surface area contributed by atoms with Crippen LogP contribution in [0.1, 0.15) is 34.3 Å². The maximum atomic E-state index is 11.7. The van der Waals surface area contributed by atoms with Crippen LogP contribution in [-0.4, -0.2) is 35.5 Å². The summed E-state index contributed by atoms with van der Waals surface area (Å²) < 4.78 is 4.72. The van der Waals surface area contributed by atoms with E-state index in [0.717, 1.165) is 24.1 Å². The quantitative estimate of drug-likeness (QED) is 0.536. The number of benzene rings is 2. The molecule has 0 radical (unpaired) electrons. The molecule has 1 fully saturated rings. The molecule has 1 saturated heterocycles. The van der Waals surface area contributed by atoms with Crippen molar-refractivity contribution >= 4 is 46.5 Å². The van der Waals surface area contributed by atoms with Gasteiger partial charge in [0.2, 0.25) is 5.91 Å². The van der Waals surface area contributed by atoms with Crippen LogP contribution in [0.4, 0.5) is 5.69 Å². The molecule has 1 amide bonds. The highest BCUT2D eigenvalue weighted by molar-refractivity contribution is 7.80. The van der Waals surface area contributed by atoms with Crippen molar-refractivity contribution in [3.63, 3.8) is 0 Å². The summed E-state index contributed by atoms with van der Waals surface area (Å²) >= 11 is 11.5. The molecule has 0 saturated carbocycles. The number of ether oxygens (including phenoxy) is 1. The molecule has 0 atom stereocenters. The van der Waals surface area contributed by atoms with Gasteiger partial charge in [-0.3, -0.25) is 4.79 Å². The number of hydrogen-bond acceptors (Lipinski definition) is 4. The highest BCUT2D eigenvalue weighted by Gasteiger charge is 2.19. The number of rotatable bonds is 6. The average molecular weight is 432 g/mol. The molecule has 1 aliphatic heterocycles. The summed E-state index contributed by atoms with van der Waals surface area (Å²) in [5.74, 6) is -0.221. The number of nitrogens with one attached hydrogen (secondary N) is 2. The van der Waals surface area contributed by atoms with Crippen LogP contribution < -0.4 is 10.6 Å². The van der Waals surface area contributed by atoms with E-state index in [2.05, 4.69) is 10.6 Å². The van der Waals surface area contributed by atoms with Gasteiger partial charge in [-0.05, 0) is 48.0 Å². The van der Waals surface area contributed by atoms with Crippen LogP contribution in [0.2, 0.25) is 5.02 Å². The van der Waals surface area contributed by atoms with Crippen LogP contribution in [-0.2, 0) is 22.6 Å². The van der Waals surface area contributed by atoms with Gasteiger partial charge >= 0.3 is 5.97 Å². The first-order valence-corrected chi connectivity index (χ1v) is 10.0. The van der Waals surface area contributed by atoms with Crippen molar-refractivity contribution in [2.75, 3.05) is 19.0 Å². The number of halogens is 1.